The van der Waals surface area contributed by atoms with Crippen molar-refractivity contribution in [3.05, 3.63) is 0 Å². The van der Waals surface area contributed by atoms with E-state index in [2.05, 4.69) is 20.2 Å². The summed E-state index contributed by atoms with van der Waals surface area (Å²) in [4.78, 5) is 10.2. The van der Waals surface area contributed by atoms with Crippen LogP contribution in [0.1, 0.15) is 6.92 Å². The van der Waals surface area contributed by atoms with Crippen LogP contribution in [-0.4, -0.2) is 73.7 Å². The van der Waals surface area contributed by atoms with Gasteiger partial charge in [0.2, 0.25) is 0 Å². The van der Waals surface area contributed by atoms with Crippen LogP contribution in [-0.2, 0) is 4.74 Å². The molecular weight excluding hydrogens is 220 g/mol. The molecule has 0 bridgehead atoms. The maximum atomic E-state index is 9.89. The fraction of sp³-hybridized carbons (Fsp3) is 0.818. The van der Waals surface area contributed by atoms with Gasteiger partial charge in [-0.2, -0.15) is 0 Å². The SMILES string of the molecule is CC1(OCC(O)CN2CCNCC2)C=NC=N1. The number of ether oxygens (including phenoxy) is 1. The summed E-state index contributed by atoms with van der Waals surface area (Å²) in [5.41, 5.74) is -0.690. The van der Waals surface area contributed by atoms with Crippen molar-refractivity contribution >= 4 is 12.6 Å². The van der Waals surface area contributed by atoms with E-state index in [0.717, 1.165) is 26.2 Å². The molecule has 0 radical (unpaired) electrons. The number of hydrogen-bond acceptors (Lipinski definition) is 6. The molecule has 0 aromatic heterocycles. The molecule has 6 heteroatoms. The lowest BCUT2D eigenvalue weighted by molar-refractivity contribution is -0.0342. The molecule has 6 nitrogen and oxygen atoms in total. The monoisotopic (exact) mass is 240 g/mol. The van der Waals surface area contributed by atoms with Gasteiger partial charge in [0, 0.05) is 32.7 Å². The lowest BCUT2D eigenvalue weighted by Gasteiger charge is -2.29. The molecule has 2 aliphatic rings. The average Bonchev–Trinajstić information content (AvgIpc) is 2.76. The van der Waals surface area contributed by atoms with Crippen LogP contribution in [0.25, 0.3) is 0 Å². The third kappa shape index (κ3) is 3.85. The minimum atomic E-state index is -0.690. The number of nitrogens with one attached hydrogen (secondary N) is 1. The molecule has 0 aliphatic carbocycles. The maximum absolute atomic E-state index is 9.89. The molecule has 0 aromatic rings. The lowest BCUT2D eigenvalue weighted by atomic mass is 10.2. The number of aliphatic imine (C=N–C) groups is 2. The second-order valence-corrected chi connectivity index (χ2v) is 4.59. The van der Waals surface area contributed by atoms with Gasteiger partial charge in [0.25, 0.3) is 0 Å². The number of aliphatic hydroxyl groups is 1. The molecule has 0 spiro atoms. The van der Waals surface area contributed by atoms with E-state index in [-0.39, 0.29) is 6.61 Å². The van der Waals surface area contributed by atoms with Gasteiger partial charge in [0.15, 0.2) is 5.72 Å². The van der Waals surface area contributed by atoms with Crippen LogP contribution >= 0.6 is 0 Å². The Kier molecular flexibility index (Phi) is 4.22. The third-order valence-corrected chi connectivity index (χ3v) is 2.94. The summed E-state index contributed by atoms with van der Waals surface area (Å²) in [7, 11) is 0. The van der Waals surface area contributed by atoms with Gasteiger partial charge in [0.05, 0.1) is 18.9 Å². The van der Waals surface area contributed by atoms with Crippen LogP contribution in [0.4, 0.5) is 0 Å². The highest BCUT2D eigenvalue weighted by Gasteiger charge is 2.25. The summed E-state index contributed by atoms with van der Waals surface area (Å²) in [6, 6.07) is 0. The van der Waals surface area contributed by atoms with Crippen molar-refractivity contribution in [2.45, 2.75) is 18.8 Å². The standard InChI is InChI=1S/C11H20N4O2/c1-11(8-13-9-14-11)17-7-10(16)6-15-4-2-12-3-5-15/h8-10,12,16H,2-7H2,1H3. The van der Waals surface area contributed by atoms with E-state index in [9.17, 15) is 5.11 Å². The zero-order chi connectivity index (χ0) is 12.1. The fourth-order valence-electron chi connectivity index (χ4n) is 1.94. The van der Waals surface area contributed by atoms with Gasteiger partial charge in [-0.05, 0) is 6.92 Å². The number of nitrogens with zero attached hydrogens (tertiary/aromatic N) is 3. The van der Waals surface area contributed by atoms with Crippen LogP contribution in [0.15, 0.2) is 9.98 Å². The molecule has 2 unspecified atom stereocenters. The molecule has 0 aromatic carbocycles. The molecule has 2 aliphatic heterocycles. The fourth-order valence-corrected chi connectivity index (χ4v) is 1.94. The van der Waals surface area contributed by atoms with Gasteiger partial charge in [-0.15, -0.1) is 0 Å². The molecule has 0 amide bonds. The van der Waals surface area contributed by atoms with E-state index < -0.39 is 11.8 Å². The van der Waals surface area contributed by atoms with Gasteiger partial charge in [0.1, 0.15) is 6.34 Å². The minimum absolute atomic E-state index is 0.282. The van der Waals surface area contributed by atoms with Crippen molar-refractivity contribution in [1.82, 2.24) is 10.2 Å². The lowest BCUT2D eigenvalue weighted by Crippen LogP contribution is -2.47. The molecule has 1 saturated heterocycles. The Labute approximate surface area is 101 Å². The summed E-state index contributed by atoms with van der Waals surface area (Å²) in [6.07, 6.45) is 2.64. The first-order valence-electron chi connectivity index (χ1n) is 6.01. The highest BCUT2D eigenvalue weighted by molar-refractivity contribution is 5.84. The van der Waals surface area contributed by atoms with Gasteiger partial charge in [-0.25, -0.2) is 9.98 Å². The Hall–Kier alpha value is -0.820. The summed E-state index contributed by atoms with van der Waals surface area (Å²) >= 11 is 0. The van der Waals surface area contributed by atoms with Gasteiger partial charge >= 0.3 is 0 Å². The molecule has 2 N–H and O–H groups in total. The Balaban J connectivity index is 1.68. The second kappa shape index (κ2) is 5.68. The van der Waals surface area contributed by atoms with Gasteiger partial charge in [-0.3, -0.25) is 4.90 Å². The quantitative estimate of drug-likeness (QED) is 0.653. The zero-order valence-electron chi connectivity index (χ0n) is 10.2. The number of piperazine rings is 1. The van der Waals surface area contributed by atoms with E-state index >= 15 is 0 Å². The minimum Gasteiger partial charge on any atom is -0.389 e. The topological polar surface area (TPSA) is 69.5 Å². The smallest absolute Gasteiger partial charge is 0.193 e. The predicted molar refractivity (Wildman–Crippen MR) is 66.7 cm³/mol. The molecular formula is C11H20N4O2. The first-order chi connectivity index (χ1) is 8.18. The zero-order valence-corrected chi connectivity index (χ0v) is 10.2. The van der Waals surface area contributed by atoms with E-state index in [1.165, 1.54) is 6.34 Å². The van der Waals surface area contributed by atoms with Crippen LogP contribution in [0, 0.1) is 0 Å². The number of rotatable bonds is 5. The first kappa shape index (κ1) is 12.6. The van der Waals surface area contributed by atoms with Crippen molar-refractivity contribution in [3.63, 3.8) is 0 Å². The summed E-state index contributed by atoms with van der Waals surface area (Å²) < 4.78 is 5.55. The largest absolute Gasteiger partial charge is 0.389 e. The van der Waals surface area contributed by atoms with E-state index in [0.29, 0.717) is 6.54 Å². The Bertz CT molecular complexity index is 288. The third-order valence-electron chi connectivity index (χ3n) is 2.94. The van der Waals surface area contributed by atoms with Crippen molar-refractivity contribution in [2.75, 3.05) is 39.3 Å². The van der Waals surface area contributed by atoms with Gasteiger partial charge < -0.3 is 15.2 Å². The predicted octanol–water partition coefficient (Wildman–Crippen LogP) is -0.902. The maximum Gasteiger partial charge on any atom is 0.193 e. The van der Waals surface area contributed by atoms with E-state index in [4.69, 9.17) is 4.74 Å². The van der Waals surface area contributed by atoms with E-state index in [1.54, 1.807) is 6.21 Å². The molecule has 17 heavy (non-hydrogen) atoms. The number of aliphatic hydroxyl groups excluding tert-OH is 1. The first-order valence-corrected chi connectivity index (χ1v) is 6.01. The van der Waals surface area contributed by atoms with Crippen LogP contribution in [0.2, 0.25) is 0 Å². The summed E-state index contributed by atoms with van der Waals surface area (Å²) in [5, 5.41) is 13.2. The van der Waals surface area contributed by atoms with Crippen LogP contribution in [0.3, 0.4) is 0 Å². The molecule has 2 heterocycles. The molecule has 2 rings (SSSR count). The van der Waals surface area contributed by atoms with Crippen LogP contribution in [0.5, 0.6) is 0 Å². The van der Waals surface area contributed by atoms with Crippen molar-refractivity contribution in [2.24, 2.45) is 9.98 Å². The highest BCUT2D eigenvalue weighted by atomic mass is 16.5. The Morgan fingerprint density at radius 2 is 2.29 bits per heavy atom. The van der Waals surface area contributed by atoms with Crippen LogP contribution < -0.4 is 5.32 Å². The normalized spacial score (nSPS) is 30.9. The number of β-amino-alcohol motifs (C(OH)–C–C–N with tert-alkyl or cyclic N) is 1. The Morgan fingerprint density at radius 3 is 2.94 bits per heavy atom. The molecule has 0 saturated carbocycles. The summed E-state index contributed by atoms with van der Waals surface area (Å²) in [5.74, 6) is 0. The molecule has 2 atom stereocenters. The highest BCUT2D eigenvalue weighted by Crippen LogP contribution is 2.13. The van der Waals surface area contributed by atoms with Gasteiger partial charge in [-0.1, -0.05) is 0 Å². The summed E-state index contributed by atoms with van der Waals surface area (Å²) in [6.45, 7) is 6.70. The molecule has 1 fully saturated rings. The van der Waals surface area contributed by atoms with Crippen molar-refractivity contribution in [1.29, 1.82) is 0 Å². The second-order valence-electron chi connectivity index (χ2n) is 4.59. The molecule has 96 valence electrons. The average molecular weight is 240 g/mol. The number of hydrogen-bond donors (Lipinski definition) is 2. The Morgan fingerprint density at radius 1 is 1.53 bits per heavy atom. The van der Waals surface area contributed by atoms with Crippen molar-refractivity contribution in [3.8, 4) is 0 Å². The van der Waals surface area contributed by atoms with E-state index in [1.807, 2.05) is 6.92 Å². The van der Waals surface area contributed by atoms with Crippen molar-refractivity contribution < 1.29 is 9.84 Å².